The normalized spacial score (nSPS) is 22.2. The molecule has 0 radical (unpaired) electrons. The van der Waals surface area contributed by atoms with E-state index in [4.69, 9.17) is 9.47 Å². The van der Waals surface area contributed by atoms with Gasteiger partial charge in [0.2, 0.25) is 5.91 Å². The molecule has 7 nitrogen and oxygen atoms in total. The number of carbonyl (C=O) groups is 1. The molecule has 1 aliphatic carbocycles. The molecule has 192 valence electrons. The molecule has 0 spiro atoms. The third-order valence-corrected chi connectivity index (χ3v) is 9.08. The first kappa shape index (κ1) is 27.1. The Morgan fingerprint density at radius 1 is 1.09 bits per heavy atom. The number of likely N-dealkylation sites (tertiary alicyclic amines) is 1. The molecule has 0 N–H and O–H groups in total. The predicted octanol–water partition coefficient (Wildman–Crippen LogP) is 3.40. The number of hydrogen-bond acceptors (Lipinski definition) is 5. The van der Waals surface area contributed by atoms with Gasteiger partial charge in [0.05, 0.1) is 18.6 Å². The number of ether oxygens (including phenoxy) is 2. The lowest BCUT2D eigenvalue weighted by Gasteiger charge is -2.35. The molecular formula is C26H43N3O4S. The standard InChI is InChI=1S/C26H43N3O4S/c1-20-16-24(32-5)17-21(2)26(20)34(31)28(4)14-15-33-19-25(30)27(3)18-22-8-10-23(11-9-22)29-12-6-7-13-29/h16-17,22-23H,6-15,18-19H2,1-5H3. The van der Waals surface area contributed by atoms with Crippen molar-refractivity contribution in [1.29, 1.82) is 0 Å². The van der Waals surface area contributed by atoms with E-state index in [1.165, 1.54) is 51.6 Å². The van der Waals surface area contributed by atoms with Gasteiger partial charge in [-0.3, -0.25) is 4.79 Å². The van der Waals surface area contributed by atoms with E-state index in [0.29, 0.717) is 19.1 Å². The second-order valence-corrected chi connectivity index (χ2v) is 11.5. The van der Waals surface area contributed by atoms with Gasteiger partial charge in [-0.05, 0) is 94.6 Å². The van der Waals surface area contributed by atoms with Crippen LogP contribution in [0.2, 0.25) is 0 Å². The van der Waals surface area contributed by atoms with Gasteiger partial charge in [0.1, 0.15) is 23.3 Å². The van der Waals surface area contributed by atoms with Crippen molar-refractivity contribution < 1.29 is 18.5 Å². The van der Waals surface area contributed by atoms with Gasteiger partial charge < -0.3 is 19.3 Å². The maximum atomic E-state index is 13.0. The van der Waals surface area contributed by atoms with Crippen LogP contribution in [-0.4, -0.2) is 90.9 Å². The minimum Gasteiger partial charge on any atom is -0.497 e. The van der Waals surface area contributed by atoms with Crippen LogP contribution in [0.4, 0.5) is 0 Å². The first-order valence-electron chi connectivity index (χ1n) is 12.6. The van der Waals surface area contributed by atoms with Gasteiger partial charge in [-0.1, -0.05) is 0 Å². The SMILES string of the molecule is COc1cc(C)c(S(=O)N(C)CCOCC(=O)N(C)CC2CCC(N3CCCC3)CC2)c(C)c1. The monoisotopic (exact) mass is 493 g/mol. The van der Waals surface area contributed by atoms with Crippen LogP contribution in [0.5, 0.6) is 5.75 Å². The lowest BCUT2D eigenvalue weighted by molar-refractivity contribution is -0.135. The molecular weight excluding hydrogens is 450 g/mol. The minimum absolute atomic E-state index is 0.0206. The van der Waals surface area contributed by atoms with Crippen molar-refractivity contribution in [3.05, 3.63) is 23.3 Å². The molecule has 8 heteroatoms. The molecule has 0 bridgehead atoms. The smallest absolute Gasteiger partial charge is 0.248 e. The predicted molar refractivity (Wildman–Crippen MR) is 137 cm³/mol. The molecule has 1 saturated heterocycles. The highest BCUT2D eigenvalue weighted by atomic mass is 32.2. The molecule has 2 aliphatic rings. The summed E-state index contributed by atoms with van der Waals surface area (Å²) in [6, 6.07) is 4.56. The maximum absolute atomic E-state index is 13.0. The minimum atomic E-state index is -1.29. The molecule has 1 aromatic carbocycles. The van der Waals surface area contributed by atoms with E-state index in [0.717, 1.165) is 34.4 Å². The summed E-state index contributed by atoms with van der Waals surface area (Å²) in [5.74, 6) is 1.38. The number of amides is 1. The van der Waals surface area contributed by atoms with E-state index in [2.05, 4.69) is 4.90 Å². The van der Waals surface area contributed by atoms with Crippen molar-refractivity contribution in [3.8, 4) is 5.75 Å². The van der Waals surface area contributed by atoms with Crippen LogP contribution < -0.4 is 4.74 Å². The second-order valence-electron chi connectivity index (χ2n) is 9.94. The summed E-state index contributed by atoms with van der Waals surface area (Å²) in [7, 11) is 4.04. The summed E-state index contributed by atoms with van der Waals surface area (Å²) in [6.45, 7) is 8.16. The van der Waals surface area contributed by atoms with Crippen LogP contribution in [0.3, 0.4) is 0 Å². The molecule has 3 rings (SSSR count). The molecule has 34 heavy (non-hydrogen) atoms. The first-order valence-corrected chi connectivity index (χ1v) is 13.7. The van der Waals surface area contributed by atoms with Crippen molar-refractivity contribution in [2.75, 3.05) is 60.6 Å². The molecule has 1 amide bonds. The highest BCUT2D eigenvalue weighted by molar-refractivity contribution is 7.82. The fourth-order valence-corrected chi connectivity index (χ4v) is 6.51. The first-order chi connectivity index (χ1) is 16.3. The third-order valence-electron chi connectivity index (χ3n) is 7.33. The fraction of sp³-hybridized carbons (Fsp3) is 0.731. The quantitative estimate of drug-likeness (QED) is 0.442. The zero-order valence-electron chi connectivity index (χ0n) is 21.7. The zero-order valence-corrected chi connectivity index (χ0v) is 22.5. The molecule has 1 atom stereocenters. The Morgan fingerprint density at radius 2 is 1.71 bits per heavy atom. The maximum Gasteiger partial charge on any atom is 0.248 e. The second kappa shape index (κ2) is 13.0. The van der Waals surface area contributed by atoms with Crippen molar-refractivity contribution >= 4 is 16.9 Å². The number of carbonyl (C=O) groups excluding carboxylic acids is 1. The highest BCUT2D eigenvalue weighted by Gasteiger charge is 2.28. The number of likely N-dealkylation sites (N-methyl/N-ethyl adjacent to an activating group) is 2. The lowest BCUT2D eigenvalue weighted by atomic mass is 9.85. The number of hydrogen-bond donors (Lipinski definition) is 0. The summed E-state index contributed by atoms with van der Waals surface area (Å²) in [5, 5.41) is 0. The van der Waals surface area contributed by atoms with Crippen LogP contribution in [0.15, 0.2) is 17.0 Å². The van der Waals surface area contributed by atoms with Crippen molar-refractivity contribution in [2.24, 2.45) is 5.92 Å². The number of methoxy groups -OCH3 is 1. The van der Waals surface area contributed by atoms with Gasteiger partial charge in [-0.2, -0.15) is 0 Å². The van der Waals surface area contributed by atoms with Crippen LogP contribution in [-0.2, 0) is 20.5 Å². The summed E-state index contributed by atoms with van der Waals surface area (Å²) >= 11 is 0. The van der Waals surface area contributed by atoms with Gasteiger partial charge in [0, 0.05) is 33.2 Å². The number of aryl methyl sites for hydroxylation is 2. The van der Waals surface area contributed by atoms with Crippen LogP contribution >= 0.6 is 0 Å². The Bertz CT molecular complexity index is 812. The Morgan fingerprint density at radius 3 is 2.29 bits per heavy atom. The van der Waals surface area contributed by atoms with Crippen LogP contribution in [0.1, 0.15) is 49.7 Å². The molecule has 1 aliphatic heterocycles. The Labute approximate surface area is 208 Å². The average Bonchev–Trinajstić information content (AvgIpc) is 3.36. The van der Waals surface area contributed by atoms with Gasteiger partial charge in [-0.25, -0.2) is 8.51 Å². The number of benzene rings is 1. The molecule has 2 fully saturated rings. The summed E-state index contributed by atoms with van der Waals surface area (Å²) in [4.78, 5) is 17.8. The topological polar surface area (TPSA) is 62.3 Å². The van der Waals surface area contributed by atoms with E-state index in [9.17, 15) is 9.00 Å². The van der Waals surface area contributed by atoms with Crippen molar-refractivity contribution in [2.45, 2.75) is 63.3 Å². The summed E-state index contributed by atoms with van der Waals surface area (Å²) in [6.07, 6.45) is 7.65. The van der Waals surface area contributed by atoms with Gasteiger partial charge >= 0.3 is 0 Å². The Hall–Kier alpha value is -1.48. The Balaban J connectivity index is 1.35. The van der Waals surface area contributed by atoms with Gasteiger partial charge in [-0.15, -0.1) is 0 Å². The molecule has 1 heterocycles. The third kappa shape index (κ3) is 7.26. The van der Waals surface area contributed by atoms with Crippen molar-refractivity contribution in [3.63, 3.8) is 0 Å². The molecule has 1 unspecified atom stereocenters. The van der Waals surface area contributed by atoms with Crippen LogP contribution in [0.25, 0.3) is 0 Å². The Kier molecular flexibility index (Phi) is 10.4. The van der Waals surface area contributed by atoms with E-state index < -0.39 is 11.0 Å². The molecule has 1 aromatic rings. The summed E-state index contributed by atoms with van der Waals surface area (Å²) < 4.78 is 25.7. The van der Waals surface area contributed by atoms with Gasteiger partial charge in [0.15, 0.2) is 0 Å². The van der Waals surface area contributed by atoms with E-state index in [1.54, 1.807) is 11.4 Å². The van der Waals surface area contributed by atoms with E-state index in [1.807, 2.05) is 45.0 Å². The van der Waals surface area contributed by atoms with Crippen molar-refractivity contribution in [1.82, 2.24) is 14.1 Å². The largest absolute Gasteiger partial charge is 0.497 e. The molecule has 1 saturated carbocycles. The highest BCUT2D eigenvalue weighted by Crippen LogP contribution is 2.30. The van der Waals surface area contributed by atoms with Gasteiger partial charge in [0.25, 0.3) is 0 Å². The molecule has 0 aromatic heterocycles. The van der Waals surface area contributed by atoms with E-state index >= 15 is 0 Å². The van der Waals surface area contributed by atoms with Crippen LogP contribution in [0, 0.1) is 19.8 Å². The number of rotatable bonds is 11. The number of nitrogens with zero attached hydrogens (tertiary/aromatic N) is 3. The lowest BCUT2D eigenvalue weighted by Crippen LogP contribution is -2.40. The zero-order chi connectivity index (χ0) is 24.7. The summed E-state index contributed by atoms with van der Waals surface area (Å²) in [5.41, 5.74) is 1.88. The van der Waals surface area contributed by atoms with E-state index in [-0.39, 0.29) is 12.5 Å². The fourth-order valence-electron chi connectivity index (χ4n) is 5.29. The average molecular weight is 494 g/mol.